The molecule has 0 bridgehead atoms. The summed E-state index contributed by atoms with van der Waals surface area (Å²) < 4.78 is 1.67. The molecule has 1 heterocycles. The Morgan fingerprint density at radius 3 is 2.53 bits per heavy atom. The van der Waals surface area contributed by atoms with Crippen molar-refractivity contribution >= 4 is 34.8 Å². The first-order chi connectivity index (χ1) is 9.09. The quantitative estimate of drug-likeness (QED) is 0.791. The van der Waals surface area contributed by atoms with Crippen molar-refractivity contribution in [3.05, 3.63) is 46.7 Å². The monoisotopic (exact) mass is 317 g/mol. The highest BCUT2D eigenvalue weighted by Crippen LogP contribution is 2.32. The van der Waals surface area contributed by atoms with Crippen LogP contribution < -0.4 is 0 Å². The molecule has 0 saturated carbocycles. The van der Waals surface area contributed by atoms with E-state index in [0.717, 1.165) is 11.3 Å². The van der Waals surface area contributed by atoms with Crippen LogP contribution in [0.4, 0.5) is 0 Å². The minimum absolute atomic E-state index is 0.385. The molecule has 2 aromatic rings. The van der Waals surface area contributed by atoms with Crippen molar-refractivity contribution in [1.29, 1.82) is 0 Å². The summed E-state index contributed by atoms with van der Waals surface area (Å²) in [4.78, 5) is 0. The predicted octanol–water partition coefficient (Wildman–Crippen LogP) is 3.43. The van der Waals surface area contributed by atoms with E-state index < -0.39 is 0 Å². The van der Waals surface area contributed by atoms with Gasteiger partial charge >= 0.3 is 0 Å². The summed E-state index contributed by atoms with van der Waals surface area (Å²) in [6.45, 7) is 0. The van der Waals surface area contributed by atoms with Gasteiger partial charge in [0.25, 0.3) is 0 Å². The number of hydrogen-bond donors (Lipinski definition) is 0. The SMILES string of the molecule is Cn1cc(CC(CCl)(CCl)c2cccc(Cl)c2)nn1. The maximum absolute atomic E-state index is 6.19. The van der Waals surface area contributed by atoms with Crippen LogP contribution in [0.25, 0.3) is 0 Å². The summed E-state index contributed by atoms with van der Waals surface area (Å²) >= 11 is 18.4. The molecular formula is C13H14Cl3N3. The molecule has 0 radical (unpaired) electrons. The molecule has 1 aromatic heterocycles. The average Bonchev–Trinajstić information content (AvgIpc) is 2.81. The number of benzene rings is 1. The van der Waals surface area contributed by atoms with Crippen LogP contribution in [-0.4, -0.2) is 26.8 Å². The van der Waals surface area contributed by atoms with Gasteiger partial charge in [-0.25, -0.2) is 0 Å². The fraction of sp³-hybridized carbons (Fsp3) is 0.385. The van der Waals surface area contributed by atoms with Gasteiger partial charge in [0, 0.05) is 41.9 Å². The largest absolute Gasteiger partial charge is 0.255 e. The number of halogens is 3. The number of nitrogens with zero attached hydrogens (tertiary/aromatic N) is 3. The molecule has 0 atom stereocenters. The van der Waals surface area contributed by atoms with E-state index in [2.05, 4.69) is 10.3 Å². The lowest BCUT2D eigenvalue weighted by Crippen LogP contribution is -2.33. The average molecular weight is 319 g/mol. The molecule has 102 valence electrons. The van der Waals surface area contributed by atoms with Crippen LogP contribution in [0.3, 0.4) is 0 Å². The van der Waals surface area contributed by atoms with E-state index in [1.165, 1.54) is 0 Å². The summed E-state index contributed by atoms with van der Waals surface area (Å²) in [6.07, 6.45) is 2.51. The second-order valence-electron chi connectivity index (χ2n) is 4.62. The van der Waals surface area contributed by atoms with Gasteiger partial charge < -0.3 is 0 Å². The maximum atomic E-state index is 6.19. The van der Waals surface area contributed by atoms with Gasteiger partial charge in [-0.3, -0.25) is 4.68 Å². The highest BCUT2D eigenvalue weighted by atomic mass is 35.5. The van der Waals surface area contributed by atoms with E-state index in [-0.39, 0.29) is 5.41 Å². The highest BCUT2D eigenvalue weighted by molar-refractivity contribution is 6.30. The minimum atomic E-state index is -0.385. The van der Waals surface area contributed by atoms with Crippen molar-refractivity contribution in [1.82, 2.24) is 15.0 Å². The number of aromatic nitrogens is 3. The minimum Gasteiger partial charge on any atom is -0.255 e. The van der Waals surface area contributed by atoms with E-state index in [0.29, 0.717) is 23.2 Å². The molecular weight excluding hydrogens is 305 g/mol. The Balaban J connectivity index is 2.37. The summed E-state index contributed by atoms with van der Waals surface area (Å²) in [6, 6.07) is 7.64. The predicted molar refractivity (Wildman–Crippen MR) is 79.3 cm³/mol. The zero-order chi connectivity index (χ0) is 13.9. The van der Waals surface area contributed by atoms with E-state index in [9.17, 15) is 0 Å². The molecule has 0 unspecified atom stereocenters. The zero-order valence-corrected chi connectivity index (χ0v) is 12.8. The third-order valence-electron chi connectivity index (χ3n) is 3.12. The first kappa shape index (κ1) is 14.6. The van der Waals surface area contributed by atoms with E-state index in [4.69, 9.17) is 34.8 Å². The second kappa shape index (κ2) is 6.12. The Labute approximate surface area is 127 Å². The fourth-order valence-corrected chi connectivity index (χ4v) is 3.00. The molecule has 0 N–H and O–H groups in total. The molecule has 6 heteroatoms. The number of rotatable bonds is 5. The van der Waals surface area contributed by atoms with Crippen LogP contribution in [0.2, 0.25) is 5.02 Å². The lowest BCUT2D eigenvalue weighted by molar-refractivity contribution is 0.528. The second-order valence-corrected chi connectivity index (χ2v) is 5.59. The highest BCUT2D eigenvalue weighted by Gasteiger charge is 2.32. The number of aryl methyl sites for hydroxylation is 1. The summed E-state index contributed by atoms with van der Waals surface area (Å²) in [5.41, 5.74) is 1.50. The third kappa shape index (κ3) is 3.22. The molecule has 0 amide bonds. The van der Waals surface area contributed by atoms with Crippen LogP contribution in [-0.2, 0) is 18.9 Å². The van der Waals surface area contributed by atoms with Gasteiger partial charge in [-0.15, -0.1) is 28.3 Å². The first-order valence-corrected chi connectivity index (χ1v) is 7.27. The molecule has 0 spiro atoms. The van der Waals surface area contributed by atoms with Crippen molar-refractivity contribution in [3.63, 3.8) is 0 Å². The van der Waals surface area contributed by atoms with E-state index >= 15 is 0 Å². The van der Waals surface area contributed by atoms with Gasteiger partial charge in [0.1, 0.15) is 0 Å². The lowest BCUT2D eigenvalue weighted by atomic mass is 9.80. The number of alkyl halides is 2. The normalized spacial score (nSPS) is 11.8. The summed E-state index contributed by atoms with van der Waals surface area (Å²) in [7, 11) is 1.83. The Kier molecular flexibility index (Phi) is 4.71. The lowest BCUT2D eigenvalue weighted by Gasteiger charge is -2.29. The molecule has 3 nitrogen and oxygen atoms in total. The molecule has 1 aromatic carbocycles. The Morgan fingerprint density at radius 1 is 1.26 bits per heavy atom. The summed E-state index contributed by atoms with van der Waals surface area (Å²) in [5, 5.41) is 8.72. The van der Waals surface area contributed by atoms with E-state index in [1.54, 1.807) is 4.68 Å². The molecule has 0 fully saturated rings. The molecule has 2 rings (SSSR count). The maximum Gasteiger partial charge on any atom is 0.0836 e. The van der Waals surface area contributed by atoms with Crippen molar-refractivity contribution < 1.29 is 0 Å². The molecule has 0 saturated heterocycles. The molecule has 0 aliphatic heterocycles. The van der Waals surface area contributed by atoms with Crippen LogP contribution in [0.5, 0.6) is 0 Å². The number of hydrogen-bond acceptors (Lipinski definition) is 2. The third-order valence-corrected chi connectivity index (χ3v) is 4.38. The van der Waals surface area contributed by atoms with Gasteiger partial charge in [0.05, 0.1) is 5.69 Å². The smallest absolute Gasteiger partial charge is 0.0836 e. The first-order valence-electron chi connectivity index (χ1n) is 5.83. The fourth-order valence-electron chi connectivity index (χ4n) is 2.03. The van der Waals surface area contributed by atoms with Crippen molar-refractivity contribution in [2.75, 3.05) is 11.8 Å². The summed E-state index contributed by atoms with van der Waals surface area (Å²) in [5.74, 6) is 0.792. The molecule has 19 heavy (non-hydrogen) atoms. The van der Waals surface area contributed by atoms with Gasteiger partial charge in [-0.1, -0.05) is 28.9 Å². The standard InChI is InChI=1S/C13H14Cl3N3/c1-19-7-12(17-18-19)6-13(8-14,9-15)10-3-2-4-11(16)5-10/h2-5,7H,6,8-9H2,1H3. The Hall–Kier alpha value is -0.770. The Bertz CT molecular complexity index is 550. The van der Waals surface area contributed by atoms with Gasteiger partial charge in [0.2, 0.25) is 0 Å². The van der Waals surface area contributed by atoms with Crippen LogP contribution in [0, 0.1) is 0 Å². The molecule has 0 aliphatic rings. The zero-order valence-electron chi connectivity index (χ0n) is 10.5. The van der Waals surface area contributed by atoms with E-state index in [1.807, 2.05) is 37.5 Å². The van der Waals surface area contributed by atoms with Gasteiger partial charge in [-0.05, 0) is 17.7 Å². The van der Waals surface area contributed by atoms with Crippen molar-refractivity contribution in [3.8, 4) is 0 Å². The van der Waals surface area contributed by atoms with Crippen molar-refractivity contribution in [2.24, 2.45) is 7.05 Å². The van der Waals surface area contributed by atoms with Crippen LogP contribution in [0.1, 0.15) is 11.3 Å². The van der Waals surface area contributed by atoms with Gasteiger partial charge in [0.15, 0.2) is 0 Å². The van der Waals surface area contributed by atoms with Crippen molar-refractivity contribution in [2.45, 2.75) is 11.8 Å². The molecule has 0 aliphatic carbocycles. The van der Waals surface area contributed by atoms with Crippen LogP contribution in [0.15, 0.2) is 30.5 Å². The van der Waals surface area contributed by atoms with Gasteiger partial charge in [-0.2, -0.15) is 0 Å². The van der Waals surface area contributed by atoms with Crippen LogP contribution >= 0.6 is 34.8 Å². The Morgan fingerprint density at radius 2 is 2.00 bits per heavy atom. The topological polar surface area (TPSA) is 30.7 Å².